The van der Waals surface area contributed by atoms with E-state index in [1.165, 1.54) is 12.8 Å². The summed E-state index contributed by atoms with van der Waals surface area (Å²) in [7, 11) is 3.73. The molecule has 1 aliphatic heterocycles. The molecule has 1 unspecified atom stereocenters. The van der Waals surface area contributed by atoms with E-state index in [9.17, 15) is 0 Å². The van der Waals surface area contributed by atoms with Gasteiger partial charge in [0.05, 0.1) is 18.3 Å². The molecule has 0 saturated carbocycles. The minimum Gasteiger partial charge on any atom is -0.465 e. The van der Waals surface area contributed by atoms with Gasteiger partial charge in [-0.15, -0.1) is 24.0 Å². The van der Waals surface area contributed by atoms with E-state index in [-0.39, 0.29) is 30.0 Å². The predicted molar refractivity (Wildman–Crippen MR) is 114 cm³/mol. The zero-order valence-electron chi connectivity index (χ0n) is 15.7. The first-order valence-electron chi connectivity index (χ1n) is 8.89. The fourth-order valence-electron chi connectivity index (χ4n) is 3.26. The van der Waals surface area contributed by atoms with Crippen LogP contribution in [0, 0.1) is 6.92 Å². The molecule has 3 heterocycles. The Bertz CT molecular complexity index is 704. The Morgan fingerprint density at radius 3 is 2.62 bits per heavy atom. The zero-order valence-corrected chi connectivity index (χ0v) is 18.1. The summed E-state index contributed by atoms with van der Waals surface area (Å²) in [4.78, 5) is 6.82. The largest absolute Gasteiger partial charge is 0.465 e. The molecule has 2 aromatic rings. The molecule has 0 amide bonds. The number of hydrogen-bond acceptors (Lipinski definition) is 4. The van der Waals surface area contributed by atoms with Crippen molar-refractivity contribution in [1.82, 2.24) is 25.3 Å². The van der Waals surface area contributed by atoms with E-state index in [2.05, 4.69) is 31.7 Å². The molecule has 0 bridgehead atoms. The van der Waals surface area contributed by atoms with Crippen LogP contribution in [0.4, 0.5) is 0 Å². The van der Waals surface area contributed by atoms with Crippen LogP contribution in [0.2, 0.25) is 0 Å². The molecule has 3 rings (SSSR count). The molecule has 0 aliphatic carbocycles. The molecule has 0 radical (unpaired) electrons. The van der Waals surface area contributed by atoms with E-state index in [0.717, 1.165) is 42.8 Å². The summed E-state index contributed by atoms with van der Waals surface area (Å²) in [6.07, 6.45) is 4.31. The molecule has 2 aromatic heterocycles. The maximum Gasteiger partial charge on any atom is 0.191 e. The fourth-order valence-corrected chi connectivity index (χ4v) is 3.26. The smallest absolute Gasteiger partial charge is 0.191 e. The van der Waals surface area contributed by atoms with Crippen LogP contribution in [0.3, 0.4) is 0 Å². The Morgan fingerprint density at radius 2 is 2.04 bits per heavy atom. The molecule has 1 fully saturated rings. The van der Waals surface area contributed by atoms with Crippen LogP contribution in [0.25, 0.3) is 0 Å². The van der Waals surface area contributed by atoms with E-state index < -0.39 is 0 Å². The van der Waals surface area contributed by atoms with Gasteiger partial charge in [0, 0.05) is 26.8 Å². The Labute approximate surface area is 172 Å². The standard InChI is InChI=1S/C18H28N6O.HI/c1-14-6-7-17(25-14)16(24-10-4-5-11-24)13-21-18(19-2)20-12-15-8-9-22-23(15)3;/h6-9,16H,4-5,10-13H2,1-3H3,(H2,19,20,21);1H. The lowest BCUT2D eigenvalue weighted by atomic mass is 10.2. The molecular formula is C18H29IN6O. The second-order valence-corrected chi connectivity index (χ2v) is 6.46. The first kappa shape index (κ1) is 20.8. The maximum atomic E-state index is 5.91. The maximum absolute atomic E-state index is 5.91. The average Bonchev–Trinajstić information content (AvgIpc) is 3.34. The zero-order chi connectivity index (χ0) is 17.6. The molecule has 8 heteroatoms. The van der Waals surface area contributed by atoms with Crippen LogP contribution in [0.15, 0.2) is 33.8 Å². The second kappa shape index (κ2) is 9.96. The van der Waals surface area contributed by atoms with Crippen LogP contribution in [-0.4, -0.2) is 47.3 Å². The average molecular weight is 472 g/mol. The molecule has 144 valence electrons. The van der Waals surface area contributed by atoms with Gasteiger partial charge < -0.3 is 15.1 Å². The van der Waals surface area contributed by atoms with E-state index in [1.807, 2.05) is 30.8 Å². The van der Waals surface area contributed by atoms with Crippen molar-refractivity contribution >= 4 is 29.9 Å². The molecule has 7 nitrogen and oxygen atoms in total. The molecule has 0 aromatic carbocycles. The van der Waals surface area contributed by atoms with E-state index in [4.69, 9.17) is 4.42 Å². The normalized spacial score (nSPS) is 16.3. The van der Waals surface area contributed by atoms with Crippen LogP contribution in [0.5, 0.6) is 0 Å². The van der Waals surface area contributed by atoms with Gasteiger partial charge in [0.15, 0.2) is 5.96 Å². The van der Waals surface area contributed by atoms with Crippen LogP contribution in [-0.2, 0) is 13.6 Å². The third kappa shape index (κ3) is 5.23. The highest BCUT2D eigenvalue weighted by atomic mass is 127. The van der Waals surface area contributed by atoms with Gasteiger partial charge in [-0.1, -0.05) is 0 Å². The number of guanidine groups is 1. The number of hydrogen-bond donors (Lipinski definition) is 2. The molecule has 1 atom stereocenters. The lowest BCUT2D eigenvalue weighted by Crippen LogP contribution is -2.42. The highest BCUT2D eigenvalue weighted by Gasteiger charge is 2.26. The summed E-state index contributed by atoms with van der Waals surface area (Å²) in [5, 5.41) is 11.0. The van der Waals surface area contributed by atoms with Crippen molar-refractivity contribution < 1.29 is 4.42 Å². The minimum atomic E-state index is 0. The summed E-state index contributed by atoms with van der Waals surface area (Å²) < 4.78 is 7.77. The first-order valence-corrected chi connectivity index (χ1v) is 8.89. The van der Waals surface area contributed by atoms with Gasteiger partial charge in [0.1, 0.15) is 11.5 Å². The number of aromatic nitrogens is 2. The second-order valence-electron chi connectivity index (χ2n) is 6.46. The monoisotopic (exact) mass is 472 g/mol. The number of aliphatic imine (C=N–C) groups is 1. The SMILES string of the molecule is CN=C(NCc1ccnn1C)NCC(c1ccc(C)o1)N1CCCC1.I. The number of rotatable bonds is 6. The number of aryl methyl sites for hydroxylation is 2. The number of furan rings is 1. The first-order chi connectivity index (χ1) is 12.2. The quantitative estimate of drug-likeness (QED) is 0.384. The van der Waals surface area contributed by atoms with Crippen molar-refractivity contribution in [2.45, 2.75) is 32.4 Å². The van der Waals surface area contributed by atoms with E-state index >= 15 is 0 Å². The van der Waals surface area contributed by atoms with Crippen molar-refractivity contribution in [3.05, 3.63) is 41.6 Å². The topological polar surface area (TPSA) is 70.6 Å². The Kier molecular flexibility index (Phi) is 7.95. The van der Waals surface area contributed by atoms with Crippen LogP contribution >= 0.6 is 24.0 Å². The van der Waals surface area contributed by atoms with Crippen molar-refractivity contribution in [3.8, 4) is 0 Å². The molecule has 2 N–H and O–H groups in total. The van der Waals surface area contributed by atoms with Crippen molar-refractivity contribution in [1.29, 1.82) is 0 Å². The van der Waals surface area contributed by atoms with Gasteiger partial charge >= 0.3 is 0 Å². The predicted octanol–water partition coefficient (Wildman–Crippen LogP) is 2.44. The minimum absolute atomic E-state index is 0. The lowest BCUT2D eigenvalue weighted by Gasteiger charge is -2.26. The molecule has 0 spiro atoms. The van der Waals surface area contributed by atoms with Crippen LogP contribution in [0.1, 0.15) is 36.1 Å². The van der Waals surface area contributed by atoms with Gasteiger partial charge in [0.25, 0.3) is 0 Å². The number of nitrogens with one attached hydrogen (secondary N) is 2. The highest BCUT2D eigenvalue weighted by Crippen LogP contribution is 2.26. The number of likely N-dealkylation sites (tertiary alicyclic amines) is 1. The molecule has 26 heavy (non-hydrogen) atoms. The third-order valence-corrected chi connectivity index (χ3v) is 4.72. The summed E-state index contributed by atoms with van der Waals surface area (Å²) in [6.45, 7) is 5.68. The summed E-state index contributed by atoms with van der Waals surface area (Å²) in [6, 6.07) is 6.35. The Hall–Kier alpha value is -1.55. The van der Waals surface area contributed by atoms with Crippen molar-refractivity contribution in [3.63, 3.8) is 0 Å². The number of halogens is 1. The fraction of sp³-hybridized carbons (Fsp3) is 0.556. The van der Waals surface area contributed by atoms with Gasteiger partial charge in [-0.05, 0) is 51.1 Å². The Morgan fingerprint density at radius 1 is 1.27 bits per heavy atom. The third-order valence-electron chi connectivity index (χ3n) is 4.72. The molecule has 1 aliphatic rings. The van der Waals surface area contributed by atoms with Crippen molar-refractivity contribution in [2.75, 3.05) is 26.7 Å². The number of nitrogens with zero attached hydrogens (tertiary/aromatic N) is 4. The van der Waals surface area contributed by atoms with Crippen LogP contribution < -0.4 is 10.6 Å². The summed E-state index contributed by atoms with van der Waals surface area (Å²) in [5.41, 5.74) is 1.11. The molecule has 1 saturated heterocycles. The van der Waals surface area contributed by atoms with E-state index in [1.54, 1.807) is 13.2 Å². The summed E-state index contributed by atoms with van der Waals surface area (Å²) >= 11 is 0. The van der Waals surface area contributed by atoms with Gasteiger partial charge in [0.2, 0.25) is 0 Å². The lowest BCUT2D eigenvalue weighted by molar-refractivity contribution is 0.213. The highest BCUT2D eigenvalue weighted by molar-refractivity contribution is 14.0. The summed E-state index contributed by atoms with van der Waals surface area (Å²) in [5.74, 6) is 2.76. The Balaban J connectivity index is 0.00000243. The van der Waals surface area contributed by atoms with Gasteiger partial charge in [-0.3, -0.25) is 14.6 Å². The van der Waals surface area contributed by atoms with Crippen molar-refractivity contribution in [2.24, 2.45) is 12.0 Å². The van der Waals surface area contributed by atoms with Gasteiger partial charge in [-0.25, -0.2) is 0 Å². The molecular weight excluding hydrogens is 443 g/mol. The van der Waals surface area contributed by atoms with E-state index in [0.29, 0.717) is 6.54 Å². The van der Waals surface area contributed by atoms with Gasteiger partial charge in [-0.2, -0.15) is 5.10 Å².